The maximum atomic E-state index is 15.0. The molecule has 1 aromatic heterocycles. The van der Waals surface area contributed by atoms with Crippen molar-refractivity contribution in [2.24, 2.45) is 5.73 Å². The number of primary amides is 1. The Balaban J connectivity index is 1.84. The van der Waals surface area contributed by atoms with Gasteiger partial charge in [0, 0.05) is 17.0 Å². The normalized spacial score (nSPS) is 15.8. The van der Waals surface area contributed by atoms with E-state index < -0.39 is 11.8 Å². The summed E-state index contributed by atoms with van der Waals surface area (Å²) in [5.41, 5.74) is 7.30. The third-order valence-electron chi connectivity index (χ3n) is 5.71. The number of fused-ring (bicyclic) bond motifs is 1. The minimum absolute atomic E-state index is 0.0236. The Labute approximate surface area is 174 Å². The summed E-state index contributed by atoms with van der Waals surface area (Å²) in [6, 6.07) is 10.5. The lowest BCUT2D eigenvalue weighted by atomic mass is 9.95. The molecule has 1 saturated carbocycles. The predicted octanol–water partition coefficient (Wildman–Crippen LogP) is 6.02. The number of nitrogens with two attached hydrogens (primary N) is 1. The smallest absolute Gasteiger partial charge is 0.320 e. The van der Waals surface area contributed by atoms with E-state index in [4.69, 9.17) is 17.3 Å². The summed E-state index contributed by atoms with van der Waals surface area (Å²) >= 11 is 6.32. The molecule has 2 aromatic carbocycles. The van der Waals surface area contributed by atoms with Crippen molar-refractivity contribution in [3.63, 3.8) is 0 Å². The molecule has 1 aliphatic carbocycles. The third kappa shape index (κ3) is 3.81. The predicted molar refractivity (Wildman–Crippen MR) is 115 cm³/mol. The number of hydrogen-bond donors (Lipinski definition) is 2. The number of amides is 2. The number of carbonyl (C=O) groups excluding carboxylic acids is 1. The summed E-state index contributed by atoms with van der Waals surface area (Å²) in [5, 5.41) is 7.53. The van der Waals surface area contributed by atoms with E-state index in [1.807, 2.05) is 30.3 Å². The fourth-order valence-corrected chi connectivity index (χ4v) is 4.50. The van der Waals surface area contributed by atoms with Gasteiger partial charge in [0.1, 0.15) is 5.52 Å². The summed E-state index contributed by atoms with van der Waals surface area (Å²) in [7, 11) is 0. The molecule has 1 heterocycles. The van der Waals surface area contributed by atoms with Gasteiger partial charge in [-0.2, -0.15) is 5.10 Å². The summed E-state index contributed by atoms with van der Waals surface area (Å²) in [6.07, 6.45) is 7.30. The Morgan fingerprint density at radius 2 is 1.79 bits per heavy atom. The largest absolute Gasteiger partial charge is 0.351 e. The fourth-order valence-electron chi connectivity index (χ4n) is 4.24. The number of halogens is 2. The first-order valence-electron chi connectivity index (χ1n) is 10.1. The minimum atomic E-state index is -0.580. The van der Waals surface area contributed by atoms with Gasteiger partial charge in [0.15, 0.2) is 11.6 Å². The molecule has 0 aliphatic heterocycles. The van der Waals surface area contributed by atoms with Gasteiger partial charge in [-0.05, 0) is 24.5 Å². The number of anilines is 1. The van der Waals surface area contributed by atoms with Crippen LogP contribution in [0, 0.1) is 5.82 Å². The molecule has 0 radical (unpaired) electrons. The molecule has 0 unspecified atom stereocenters. The van der Waals surface area contributed by atoms with Gasteiger partial charge in [0.2, 0.25) is 0 Å². The lowest BCUT2D eigenvalue weighted by molar-refractivity contribution is 0.249. The second kappa shape index (κ2) is 8.41. The Bertz CT molecular complexity index is 1010. The van der Waals surface area contributed by atoms with E-state index in [0.29, 0.717) is 16.8 Å². The van der Waals surface area contributed by atoms with Gasteiger partial charge in [0.05, 0.1) is 5.02 Å². The van der Waals surface area contributed by atoms with Gasteiger partial charge in [-0.3, -0.25) is 10.00 Å². The highest BCUT2D eigenvalue weighted by molar-refractivity contribution is 6.34. The number of rotatable bonds is 3. The summed E-state index contributed by atoms with van der Waals surface area (Å²) in [4.78, 5) is 14.0. The molecule has 152 valence electrons. The second-order valence-electron chi connectivity index (χ2n) is 7.60. The van der Waals surface area contributed by atoms with Crippen molar-refractivity contribution in [3.05, 3.63) is 47.2 Å². The number of benzene rings is 2. The lowest BCUT2D eigenvalue weighted by Crippen LogP contribution is -2.44. The first kappa shape index (κ1) is 19.7. The molecular formula is C22H24ClFN4O. The first-order chi connectivity index (χ1) is 14.1. The molecular weight excluding hydrogens is 391 g/mol. The van der Waals surface area contributed by atoms with Gasteiger partial charge in [0.25, 0.3) is 0 Å². The van der Waals surface area contributed by atoms with E-state index in [1.54, 1.807) is 6.07 Å². The van der Waals surface area contributed by atoms with Crippen molar-refractivity contribution >= 4 is 34.4 Å². The molecule has 3 N–H and O–H groups in total. The van der Waals surface area contributed by atoms with Crippen molar-refractivity contribution in [2.45, 2.75) is 51.0 Å². The van der Waals surface area contributed by atoms with Crippen molar-refractivity contribution in [3.8, 4) is 11.1 Å². The van der Waals surface area contributed by atoms with Gasteiger partial charge in [-0.15, -0.1) is 0 Å². The van der Waals surface area contributed by atoms with Crippen molar-refractivity contribution in [2.75, 3.05) is 4.90 Å². The monoisotopic (exact) mass is 414 g/mol. The van der Waals surface area contributed by atoms with Gasteiger partial charge >= 0.3 is 6.03 Å². The maximum Gasteiger partial charge on any atom is 0.320 e. The number of aromatic nitrogens is 2. The van der Waals surface area contributed by atoms with Gasteiger partial charge in [-0.25, -0.2) is 9.18 Å². The lowest BCUT2D eigenvalue weighted by Gasteiger charge is -2.30. The standard InChI is InChI=1S/C22H24ClFN4O/c23-18-16(14-9-5-4-6-10-14)13-17-20(19(18)24)26-27-21(17)28(22(25)29)15-11-7-2-1-3-8-12-15/h4-6,9-10,13,15H,1-3,7-8,11-12H2,(H2,25,29)(H,26,27). The van der Waals surface area contributed by atoms with Crippen LogP contribution in [0.3, 0.4) is 0 Å². The second-order valence-corrected chi connectivity index (χ2v) is 7.97. The quantitative estimate of drug-likeness (QED) is 0.549. The van der Waals surface area contributed by atoms with Crippen molar-refractivity contribution in [1.29, 1.82) is 0 Å². The van der Waals surface area contributed by atoms with Crippen LogP contribution in [0.15, 0.2) is 36.4 Å². The highest BCUT2D eigenvalue weighted by atomic mass is 35.5. The number of H-pyrrole nitrogens is 1. The highest BCUT2D eigenvalue weighted by Crippen LogP contribution is 2.38. The molecule has 1 aliphatic rings. The molecule has 2 amide bonds. The SMILES string of the molecule is NC(=O)N(c1n[nH]c2c(F)c(Cl)c(-c3ccccc3)cc12)C1CCCCCCC1. The van der Waals surface area contributed by atoms with Crippen LogP contribution >= 0.6 is 11.6 Å². The van der Waals surface area contributed by atoms with Crippen LogP contribution in [-0.2, 0) is 0 Å². The van der Waals surface area contributed by atoms with Crippen LogP contribution in [0.25, 0.3) is 22.0 Å². The molecule has 0 bridgehead atoms. The van der Waals surface area contributed by atoms with Crippen LogP contribution in [-0.4, -0.2) is 22.3 Å². The number of aromatic amines is 1. The van der Waals surface area contributed by atoms with Gasteiger partial charge < -0.3 is 5.73 Å². The van der Waals surface area contributed by atoms with Crippen molar-refractivity contribution in [1.82, 2.24) is 10.2 Å². The summed E-state index contributed by atoms with van der Waals surface area (Å²) in [5.74, 6) is -0.213. The Morgan fingerprint density at radius 3 is 2.45 bits per heavy atom. The zero-order chi connectivity index (χ0) is 20.4. The van der Waals surface area contributed by atoms with Crippen LogP contribution in [0.4, 0.5) is 15.0 Å². The van der Waals surface area contributed by atoms with Crippen LogP contribution in [0.2, 0.25) is 5.02 Å². The van der Waals surface area contributed by atoms with E-state index in [0.717, 1.165) is 44.1 Å². The molecule has 4 rings (SSSR count). The molecule has 0 spiro atoms. The van der Waals surface area contributed by atoms with Crippen molar-refractivity contribution < 1.29 is 9.18 Å². The molecule has 7 heteroatoms. The van der Waals surface area contributed by atoms with Crippen LogP contribution in [0.5, 0.6) is 0 Å². The van der Waals surface area contributed by atoms with E-state index in [2.05, 4.69) is 10.2 Å². The topological polar surface area (TPSA) is 75.0 Å². The van der Waals surface area contributed by atoms with E-state index >= 15 is 4.39 Å². The molecule has 29 heavy (non-hydrogen) atoms. The zero-order valence-corrected chi connectivity index (χ0v) is 16.9. The zero-order valence-electron chi connectivity index (χ0n) is 16.1. The third-order valence-corrected chi connectivity index (χ3v) is 6.08. The average molecular weight is 415 g/mol. The van der Waals surface area contributed by atoms with E-state index in [1.165, 1.54) is 11.3 Å². The number of nitrogens with zero attached hydrogens (tertiary/aromatic N) is 2. The van der Waals surface area contributed by atoms with Crippen LogP contribution in [0.1, 0.15) is 44.9 Å². The van der Waals surface area contributed by atoms with E-state index in [-0.39, 0.29) is 16.6 Å². The van der Waals surface area contributed by atoms with Crippen LogP contribution < -0.4 is 10.6 Å². The Kier molecular flexibility index (Phi) is 5.72. The number of carbonyl (C=O) groups is 1. The highest BCUT2D eigenvalue weighted by Gasteiger charge is 2.29. The molecule has 3 aromatic rings. The number of hydrogen-bond acceptors (Lipinski definition) is 2. The molecule has 0 atom stereocenters. The first-order valence-corrected chi connectivity index (χ1v) is 10.5. The van der Waals surface area contributed by atoms with Gasteiger partial charge in [-0.1, -0.05) is 74.0 Å². The Hall–Kier alpha value is -2.60. The minimum Gasteiger partial charge on any atom is -0.351 e. The molecule has 1 fully saturated rings. The number of nitrogens with one attached hydrogen (secondary N) is 1. The maximum absolute atomic E-state index is 15.0. The van der Waals surface area contributed by atoms with E-state index in [9.17, 15) is 4.79 Å². The molecule has 0 saturated heterocycles. The number of urea groups is 1. The summed E-state index contributed by atoms with van der Waals surface area (Å²) < 4.78 is 15.0. The Morgan fingerprint density at radius 1 is 1.14 bits per heavy atom. The fraction of sp³-hybridized carbons (Fsp3) is 0.364. The molecule has 5 nitrogen and oxygen atoms in total. The summed E-state index contributed by atoms with van der Waals surface area (Å²) in [6.45, 7) is 0. The average Bonchev–Trinajstić information content (AvgIpc) is 3.10.